The van der Waals surface area contributed by atoms with E-state index < -0.39 is 41.2 Å². The summed E-state index contributed by atoms with van der Waals surface area (Å²) in [6.45, 7) is 4.40. The summed E-state index contributed by atoms with van der Waals surface area (Å²) >= 11 is 0. The van der Waals surface area contributed by atoms with Crippen molar-refractivity contribution in [3.63, 3.8) is 0 Å². The summed E-state index contributed by atoms with van der Waals surface area (Å²) in [6, 6.07) is 11.7. The van der Waals surface area contributed by atoms with Crippen LogP contribution in [0.1, 0.15) is 59.9 Å². The van der Waals surface area contributed by atoms with Crippen molar-refractivity contribution in [2.75, 3.05) is 26.0 Å². The van der Waals surface area contributed by atoms with Crippen LogP contribution in [-0.2, 0) is 39.9 Å². The van der Waals surface area contributed by atoms with Crippen molar-refractivity contribution < 1.29 is 41.8 Å². The minimum atomic E-state index is -4.70. The van der Waals surface area contributed by atoms with Gasteiger partial charge in [0.05, 0.1) is 5.56 Å². The first kappa shape index (κ1) is 35.7. The highest BCUT2D eigenvalue weighted by atomic mass is 19.4. The van der Waals surface area contributed by atoms with Crippen molar-refractivity contribution in [1.82, 2.24) is 20.5 Å². The van der Waals surface area contributed by atoms with Gasteiger partial charge in [0.25, 0.3) is 5.91 Å². The number of hydrogen-bond acceptors (Lipinski definition) is 7. The summed E-state index contributed by atoms with van der Waals surface area (Å²) in [7, 11) is 2.87. The number of fused-ring (bicyclic) bond motifs is 1. The number of ether oxygens (including phenoxy) is 2. The molecule has 0 aliphatic heterocycles. The molecule has 1 heterocycles. The number of nitrogens with zero attached hydrogens (tertiary/aromatic N) is 2. The number of halogens is 3. The monoisotopic (exact) mass is 669 g/mol. The van der Waals surface area contributed by atoms with E-state index in [9.17, 15) is 32.3 Å². The third-order valence-electron chi connectivity index (χ3n) is 7.37. The van der Waals surface area contributed by atoms with Crippen LogP contribution in [-0.4, -0.2) is 59.9 Å². The average Bonchev–Trinajstić information content (AvgIpc) is 3.01. The topological polar surface area (TPSA) is 139 Å². The van der Waals surface area contributed by atoms with E-state index in [0.717, 1.165) is 28.2 Å². The van der Waals surface area contributed by atoms with E-state index in [0.29, 0.717) is 30.8 Å². The van der Waals surface area contributed by atoms with Crippen LogP contribution >= 0.6 is 0 Å². The van der Waals surface area contributed by atoms with Gasteiger partial charge in [0.15, 0.2) is 0 Å². The van der Waals surface area contributed by atoms with Gasteiger partial charge in [0, 0.05) is 44.5 Å². The van der Waals surface area contributed by atoms with E-state index in [1.165, 1.54) is 32.4 Å². The largest absolute Gasteiger partial charge is 0.457 e. The van der Waals surface area contributed by atoms with E-state index in [-0.39, 0.29) is 35.9 Å². The Morgan fingerprint density at radius 2 is 1.71 bits per heavy atom. The number of alkyl halides is 3. The van der Waals surface area contributed by atoms with Crippen molar-refractivity contribution in [3.05, 3.63) is 82.7 Å². The lowest BCUT2D eigenvalue weighted by atomic mass is 9.83. The standard InChI is InChI=1S/C34H38F3N5O6/c1-33(2,3)48-32(46)42(5)19-29(43)40-18-20-12-24(34(35,36)37)16-25(13-20)41-30(44)22-7-6-21-8-9-26(15-23(21)14-22)47-27-10-11-39-28(17-27)31(45)38-4/h8-13,15-17,22H,6-7,14,18-19H2,1-5H3,(H,38,45)(H,40,43)(H,41,44). The van der Waals surface area contributed by atoms with Crippen LogP contribution in [0.25, 0.3) is 0 Å². The number of rotatable bonds is 9. The molecule has 0 radical (unpaired) electrons. The van der Waals surface area contributed by atoms with Crippen molar-refractivity contribution >= 4 is 29.5 Å². The lowest BCUT2D eigenvalue weighted by Crippen LogP contribution is -2.40. The van der Waals surface area contributed by atoms with Gasteiger partial charge >= 0.3 is 12.3 Å². The van der Waals surface area contributed by atoms with E-state index in [2.05, 4.69) is 20.9 Å². The zero-order valence-electron chi connectivity index (χ0n) is 27.3. The highest BCUT2D eigenvalue weighted by molar-refractivity contribution is 5.93. The number of carbonyl (C=O) groups excluding carboxylic acids is 4. The molecule has 0 spiro atoms. The van der Waals surface area contributed by atoms with Gasteiger partial charge in [-0.3, -0.25) is 19.4 Å². The first-order chi connectivity index (χ1) is 22.5. The van der Waals surface area contributed by atoms with Gasteiger partial charge in [0.1, 0.15) is 29.3 Å². The van der Waals surface area contributed by atoms with Gasteiger partial charge < -0.3 is 30.3 Å². The molecule has 3 N–H and O–H groups in total. The van der Waals surface area contributed by atoms with Crippen molar-refractivity contribution in [1.29, 1.82) is 0 Å². The maximum Gasteiger partial charge on any atom is 0.416 e. The molecule has 4 amide bonds. The van der Waals surface area contributed by atoms with Gasteiger partial charge in [-0.1, -0.05) is 6.07 Å². The summed E-state index contributed by atoms with van der Waals surface area (Å²) in [5.74, 6) is -1.03. The van der Waals surface area contributed by atoms with Crippen LogP contribution in [0.5, 0.6) is 11.5 Å². The summed E-state index contributed by atoms with van der Waals surface area (Å²) in [6.07, 6.45) is -2.55. The molecule has 256 valence electrons. The molecule has 0 fully saturated rings. The second-order valence-electron chi connectivity index (χ2n) is 12.4. The summed E-state index contributed by atoms with van der Waals surface area (Å²) in [4.78, 5) is 54.9. The first-order valence-electron chi connectivity index (χ1n) is 15.2. The van der Waals surface area contributed by atoms with E-state index in [1.54, 1.807) is 39.0 Å². The predicted molar refractivity (Wildman–Crippen MR) is 170 cm³/mol. The average molecular weight is 670 g/mol. The second-order valence-corrected chi connectivity index (χ2v) is 12.4. The maximum atomic E-state index is 13.8. The Morgan fingerprint density at radius 3 is 2.40 bits per heavy atom. The molecule has 3 aromatic rings. The Labute approximate surface area is 276 Å². The molecule has 48 heavy (non-hydrogen) atoms. The van der Waals surface area contributed by atoms with Gasteiger partial charge in [-0.2, -0.15) is 13.2 Å². The summed E-state index contributed by atoms with van der Waals surface area (Å²) in [5.41, 5.74) is 0.389. The molecule has 1 aromatic heterocycles. The molecular formula is C34H38F3N5O6. The van der Waals surface area contributed by atoms with E-state index in [1.807, 2.05) is 6.07 Å². The van der Waals surface area contributed by atoms with Crippen molar-refractivity contribution in [2.45, 2.75) is 58.4 Å². The van der Waals surface area contributed by atoms with Crippen LogP contribution in [0.15, 0.2) is 54.7 Å². The van der Waals surface area contributed by atoms with Crippen LogP contribution in [0.2, 0.25) is 0 Å². The Balaban J connectivity index is 1.42. The number of nitrogens with one attached hydrogen (secondary N) is 3. The third-order valence-corrected chi connectivity index (χ3v) is 7.37. The Morgan fingerprint density at radius 1 is 0.979 bits per heavy atom. The van der Waals surface area contributed by atoms with Crippen LogP contribution in [0.3, 0.4) is 0 Å². The van der Waals surface area contributed by atoms with Gasteiger partial charge in [-0.25, -0.2) is 4.79 Å². The van der Waals surface area contributed by atoms with Gasteiger partial charge in [0.2, 0.25) is 11.8 Å². The molecule has 1 atom stereocenters. The van der Waals surface area contributed by atoms with E-state index >= 15 is 0 Å². The number of carbonyl (C=O) groups is 4. The molecule has 1 aliphatic carbocycles. The lowest BCUT2D eigenvalue weighted by molar-refractivity contribution is -0.137. The van der Waals surface area contributed by atoms with E-state index in [4.69, 9.17) is 9.47 Å². The molecule has 0 saturated heterocycles. The number of aromatic nitrogens is 1. The zero-order valence-corrected chi connectivity index (χ0v) is 27.3. The molecular weight excluding hydrogens is 631 g/mol. The quantitative estimate of drug-likeness (QED) is 0.274. The summed E-state index contributed by atoms with van der Waals surface area (Å²) < 4.78 is 52.5. The molecule has 1 aliphatic rings. The van der Waals surface area contributed by atoms with Gasteiger partial charge in [-0.15, -0.1) is 0 Å². The third kappa shape index (κ3) is 9.93. The lowest BCUT2D eigenvalue weighted by Gasteiger charge is -2.25. The number of benzene rings is 2. The SMILES string of the molecule is CNC(=O)c1cc(Oc2ccc3c(c2)CC(C(=O)Nc2cc(CNC(=O)CN(C)C(=O)OC(C)(C)C)cc(C(F)(F)F)c2)CC3)ccn1. The highest BCUT2D eigenvalue weighted by Gasteiger charge is 2.32. The first-order valence-corrected chi connectivity index (χ1v) is 15.2. The highest BCUT2D eigenvalue weighted by Crippen LogP contribution is 2.34. The van der Waals surface area contributed by atoms with Crippen molar-refractivity contribution in [3.8, 4) is 11.5 Å². The maximum absolute atomic E-state index is 13.8. The molecule has 11 nitrogen and oxygen atoms in total. The number of pyridine rings is 1. The normalized spacial score (nSPS) is 14.3. The summed E-state index contributed by atoms with van der Waals surface area (Å²) in [5, 5.41) is 7.65. The Kier molecular flexibility index (Phi) is 11.0. The van der Waals surface area contributed by atoms with Gasteiger partial charge in [-0.05, 0) is 93.1 Å². The fourth-order valence-corrected chi connectivity index (χ4v) is 5.03. The Bertz CT molecular complexity index is 1690. The van der Waals surface area contributed by atoms with Crippen LogP contribution < -0.4 is 20.7 Å². The minimum Gasteiger partial charge on any atom is -0.457 e. The Hall–Kier alpha value is -5.14. The molecule has 0 saturated carbocycles. The fourth-order valence-electron chi connectivity index (χ4n) is 5.03. The predicted octanol–water partition coefficient (Wildman–Crippen LogP) is 5.48. The number of anilines is 1. The number of likely N-dealkylation sites (N-methyl/N-ethyl adjacent to an activating group) is 1. The number of amides is 4. The second kappa shape index (κ2) is 14.7. The zero-order chi connectivity index (χ0) is 35.2. The smallest absolute Gasteiger partial charge is 0.416 e. The fraction of sp³-hybridized carbons (Fsp3) is 0.382. The number of hydrogen-bond donors (Lipinski definition) is 3. The minimum absolute atomic E-state index is 0.0579. The molecule has 1 unspecified atom stereocenters. The van der Waals surface area contributed by atoms with Crippen LogP contribution in [0.4, 0.5) is 23.7 Å². The molecule has 14 heteroatoms. The van der Waals surface area contributed by atoms with Crippen LogP contribution in [0, 0.1) is 5.92 Å². The molecule has 0 bridgehead atoms. The number of aryl methyl sites for hydroxylation is 1. The molecule has 2 aromatic carbocycles. The molecule has 4 rings (SSSR count). The van der Waals surface area contributed by atoms with Crippen molar-refractivity contribution in [2.24, 2.45) is 5.92 Å².